The van der Waals surface area contributed by atoms with Crippen LogP contribution in [0.3, 0.4) is 0 Å². The summed E-state index contributed by atoms with van der Waals surface area (Å²) in [6.45, 7) is 0.236. The van der Waals surface area contributed by atoms with Crippen molar-refractivity contribution in [3.8, 4) is 0 Å². The number of nitrogens with two attached hydrogens (primary N) is 1. The fraction of sp³-hybridized carbons (Fsp3) is 0.500. The second kappa shape index (κ2) is 6.85. The van der Waals surface area contributed by atoms with Gasteiger partial charge in [-0.15, -0.1) is 0 Å². The van der Waals surface area contributed by atoms with Gasteiger partial charge in [0.1, 0.15) is 0 Å². The number of nitro benzene ring substituents is 1. The molecule has 0 atom stereocenters. The van der Waals surface area contributed by atoms with Crippen LogP contribution in [0.4, 0.5) is 11.4 Å². The zero-order valence-electron chi connectivity index (χ0n) is 9.76. The standard InChI is InChI=1S/C12H18N2O3/c13-12-9-11(14(16)17)7-6-10(12)5-3-1-2-4-8-15/h6-7,9,15H,1-5,8,13H2. The maximum absolute atomic E-state index is 10.5. The van der Waals surface area contributed by atoms with Gasteiger partial charge >= 0.3 is 0 Å². The SMILES string of the molecule is Nc1cc([N+](=O)[O-])ccc1CCCCCCO. The average molecular weight is 238 g/mol. The molecular weight excluding hydrogens is 220 g/mol. The van der Waals surface area contributed by atoms with E-state index in [2.05, 4.69) is 0 Å². The molecule has 1 aromatic rings. The lowest BCUT2D eigenvalue weighted by Crippen LogP contribution is -1.97. The minimum absolute atomic E-state index is 0.0338. The minimum Gasteiger partial charge on any atom is -0.398 e. The highest BCUT2D eigenvalue weighted by molar-refractivity contribution is 5.53. The summed E-state index contributed by atoms with van der Waals surface area (Å²) in [4.78, 5) is 10.1. The summed E-state index contributed by atoms with van der Waals surface area (Å²) < 4.78 is 0. The number of hydrogen-bond donors (Lipinski definition) is 2. The molecule has 0 spiro atoms. The molecule has 0 saturated carbocycles. The molecule has 1 aromatic carbocycles. The van der Waals surface area contributed by atoms with Crippen molar-refractivity contribution in [2.75, 3.05) is 12.3 Å². The molecule has 0 aliphatic carbocycles. The third kappa shape index (κ3) is 4.40. The number of benzene rings is 1. The number of aliphatic hydroxyl groups excluding tert-OH is 1. The zero-order valence-corrected chi connectivity index (χ0v) is 9.76. The van der Waals surface area contributed by atoms with Crippen LogP contribution in [-0.2, 0) is 6.42 Å². The first-order valence-corrected chi connectivity index (χ1v) is 5.79. The lowest BCUT2D eigenvalue weighted by molar-refractivity contribution is -0.384. The van der Waals surface area contributed by atoms with Crippen LogP contribution in [0.1, 0.15) is 31.2 Å². The molecule has 5 heteroatoms. The minimum atomic E-state index is -0.443. The van der Waals surface area contributed by atoms with Crippen LogP contribution in [0.5, 0.6) is 0 Å². The van der Waals surface area contributed by atoms with Gasteiger partial charge < -0.3 is 10.8 Å². The van der Waals surface area contributed by atoms with Crippen molar-refractivity contribution in [3.63, 3.8) is 0 Å². The van der Waals surface area contributed by atoms with E-state index in [1.165, 1.54) is 12.1 Å². The van der Waals surface area contributed by atoms with Gasteiger partial charge in [-0.3, -0.25) is 10.1 Å². The summed E-state index contributed by atoms with van der Waals surface area (Å²) in [6.07, 6.45) is 4.69. The van der Waals surface area contributed by atoms with Gasteiger partial charge in [-0.2, -0.15) is 0 Å². The largest absolute Gasteiger partial charge is 0.398 e. The quantitative estimate of drug-likeness (QED) is 0.330. The van der Waals surface area contributed by atoms with Gasteiger partial charge in [0.25, 0.3) is 5.69 Å². The molecule has 3 N–H and O–H groups in total. The maximum atomic E-state index is 10.5. The number of aryl methyl sites for hydroxylation is 1. The number of nitrogens with zero attached hydrogens (tertiary/aromatic N) is 1. The van der Waals surface area contributed by atoms with Crippen LogP contribution in [0.25, 0.3) is 0 Å². The summed E-state index contributed by atoms with van der Waals surface area (Å²) >= 11 is 0. The Balaban J connectivity index is 2.46. The topological polar surface area (TPSA) is 89.4 Å². The van der Waals surface area contributed by atoms with Crippen molar-refractivity contribution in [2.24, 2.45) is 0 Å². The van der Waals surface area contributed by atoms with Crippen LogP contribution in [0.15, 0.2) is 18.2 Å². The van der Waals surface area contributed by atoms with Gasteiger partial charge in [-0.1, -0.05) is 18.9 Å². The normalized spacial score (nSPS) is 10.4. The second-order valence-electron chi connectivity index (χ2n) is 4.03. The van der Waals surface area contributed by atoms with Gasteiger partial charge in [-0.05, 0) is 24.8 Å². The van der Waals surface area contributed by atoms with Crippen LogP contribution in [0, 0.1) is 10.1 Å². The van der Waals surface area contributed by atoms with Crippen molar-refractivity contribution in [3.05, 3.63) is 33.9 Å². The number of anilines is 1. The van der Waals surface area contributed by atoms with Crippen molar-refractivity contribution in [1.82, 2.24) is 0 Å². The lowest BCUT2D eigenvalue weighted by Gasteiger charge is -2.05. The Morgan fingerprint density at radius 2 is 1.94 bits per heavy atom. The first kappa shape index (κ1) is 13.4. The number of aliphatic hydroxyl groups is 1. The molecule has 94 valence electrons. The summed E-state index contributed by atoms with van der Waals surface area (Å²) in [5.74, 6) is 0. The first-order chi connectivity index (χ1) is 8.15. The summed E-state index contributed by atoms with van der Waals surface area (Å²) in [6, 6.07) is 4.61. The Hall–Kier alpha value is -1.62. The highest BCUT2D eigenvalue weighted by Crippen LogP contribution is 2.21. The third-order valence-corrected chi connectivity index (χ3v) is 2.69. The van der Waals surface area contributed by atoms with Crippen molar-refractivity contribution >= 4 is 11.4 Å². The second-order valence-corrected chi connectivity index (χ2v) is 4.03. The molecule has 5 nitrogen and oxygen atoms in total. The highest BCUT2D eigenvalue weighted by Gasteiger charge is 2.08. The Morgan fingerprint density at radius 1 is 1.24 bits per heavy atom. The molecule has 0 fully saturated rings. The monoisotopic (exact) mass is 238 g/mol. The van der Waals surface area contributed by atoms with Crippen molar-refractivity contribution in [2.45, 2.75) is 32.1 Å². The number of nitrogen functional groups attached to an aromatic ring is 1. The molecule has 17 heavy (non-hydrogen) atoms. The molecular formula is C12H18N2O3. The van der Waals surface area contributed by atoms with Crippen molar-refractivity contribution in [1.29, 1.82) is 0 Å². The Kier molecular flexibility index (Phi) is 5.42. The first-order valence-electron chi connectivity index (χ1n) is 5.79. The van der Waals surface area contributed by atoms with E-state index < -0.39 is 4.92 Å². The number of unbranched alkanes of at least 4 members (excludes halogenated alkanes) is 3. The summed E-state index contributed by atoms with van der Waals surface area (Å²) in [5, 5.41) is 19.1. The molecule has 0 heterocycles. The van der Waals surface area contributed by atoms with E-state index in [-0.39, 0.29) is 12.3 Å². The summed E-state index contributed by atoms with van der Waals surface area (Å²) in [5.41, 5.74) is 7.23. The molecule has 0 aliphatic rings. The maximum Gasteiger partial charge on any atom is 0.271 e. The lowest BCUT2D eigenvalue weighted by atomic mass is 10.0. The zero-order chi connectivity index (χ0) is 12.7. The summed E-state index contributed by atoms with van der Waals surface area (Å²) in [7, 11) is 0. The molecule has 0 unspecified atom stereocenters. The fourth-order valence-corrected chi connectivity index (χ4v) is 1.70. The molecule has 1 rings (SSSR count). The Labute approximate surface area is 100 Å². The van der Waals surface area contributed by atoms with E-state index in [9.17, 15) is 10.1 Å². The number of hydrogen-bond acceptors (Lipinski definition) is 4. The van der Waals surface area contributed by atoms with Gasteiger partial charge in [0.2, 0.25) is 0 Å². The van der Waals surface area contributed by atoms with E-state index in [1.807, 2.05) is 0 Å². The predicted molar refractivity (Wildman–Crippen MR) is 66.8 cm³/mol. The van der Waals surface area contributed by atoms with Crippen LogP contribution >= 0.6 is 0 Å². The molecule has 0 radical (unpaired) electrons. The number of rotatable bonds is 7. The van der Waals surface area contributed by atoms with E-state index in [1.54, 1.807) is 6.07 Å². The molecule has 0 bridgehead atoms. The number of non-ortho nitro benzene ring substituents is 1. The van der Waals surface area contributed by atoms with Crippen molar-refractivity contribution < 1.29 is 10.0 Å². The van der Waals surface area contributed by atoms with Crippen LogP contribution < -0.4 is 5.73 Å². The van der Waals surface area contributed by atoms with E-state index in [0.717, 1.165) is 37.7 Å². The van der Waals surface area contributed by atoms with Crippen LogP contribution in [0.2, 0.25) is 0 Å². The van der Waals surface area contributed by atoms with E-state index in [0.29, 0.717) is 5.69 Å². The number of nitro groups is 1. The Morgan fingerprint density at radius 3 is 2.53 bits per heavy atom. The third-order valence-electron chi connectivity index (χ3n) is 2.69. The smallest absolute Gasteiger partial charge is 0.271 e. The molecule has 0 aromatic heterocycles. The van der Waals surface area contributed by atoms with Crippen LogP contribution in [-0.4, -0.2) is 16.6 Å². The Bertz CT molecular complexity index is 380. The van der Waals surface area contributed by atoms with E-state index >= 15 is 0 Å². The predicted octanol–water partition coefficient (Wildman–Crippen LogP) is 2.27. The molecule has 0 saturated heterocycles. The average Bonchev–Trinajstić information content (AvgIpc) is 2.30. The molecule has 0 amide bonds. The van der Waals surface area contributed by atoms with Gasteiger partial charge in [0, 0.05) is 24.4 Å². The van der Waals surface area contributed by atoms with Gasteiger partial charge in [-0.25, -0.2) is 0 Å². The van der Waals surface area contributed by atoms with Gasteiger partial charge in [0.05, 0.1) is 4.92 Å². The fourth-order valence-electron chi connectivity index (χ4n) is 1.70. The van der Waals surface area contributed by atoms with Gasteiger partial charge in [0.15, 0.2) is 0 Å². The van der Waals surface area contributed by atoms with E-state index in [4.69, 9.17) is 10.8 Å². The highest BCUT2D eigenvalue weighted by atomic mass is 16.6. The molecule has 0 aliphatic heterocycles.